The highest BCUT2D eigenvalue weighted by molar-refractivity contribution is 6.31. The Balaban J connectivity index is 1.61. The number of carbonyl (C=O) groups excluding carboxylic acids is 1. The molecule has 4 rings (SSSR count). The number of carbonyl (C=O) groups is 1. The third-order valence-corrected chi connectivity index (χ3v) is 5.38. The maximum absolute atomic E-state index is 13.6. The number of ether oxygens (including phenoxy) is 3. The second kappa shape index (κ2) is 11.3. The quantitative estimate of drug-likeness (QED) is 0.308. The smallest absolute Gasteiger partial charge is 0.230 e. The number of hydrogen-bond donors (Lipinski definition) is 3. The first-order valence-electron chi connectivity index (χ1n) is 10.9. The van der Waals surface area contributed by atoms with Gasteiger partial charge in [-0.3, -0.25) is 10.2 Å². The van der Waals surface area contributed by atoms with Crippen LogP contribution in [0.2, 0.25) is 5.02 Å². The van der Waals surface area contributed by atoms with Gasteiger partial charge in [0.1, 0.15) is 30.7 Å². The Bertz CT molecular complexity index is 1160. The van der Waals surface area contributed by atoms with Crippen LogP contribution in [0.4, 0.5) is 15.9 Å². The Kier molecular flexibility index (Phi) is 7.94. The van der Waals surface area contributed by atoms with Gasteiger partial charge >= 0.3 is 0 Å². The lowest BCUT2D eigenvalue weighted by atomic mass is 10.1. The van der Waals surface area contributed by atoms with Crippen LogP contribution in [0.25, 0.3) is 10.9 Å². The third-order valence-electron chi connectivity index (χ3n) is 5.09. The van der Waals surface area contributed by atoms with Gasteiger partial charge in [-0.15, -0.1) is 0 Å². The summed E-state index contributed by atoms with van der Waals surface area (Å²) in [5.74, 6) is 0.908. The summed E-state index contributed by atoms with van der Waals surface area (Å²) >= 11 is 5.92. The van der Waals surface area contributed by atoms with E-state index in [4.69, 9.17) is 25.8 Å². The van der Waals surface area contributed by atoms with Crippen molar-refractivity contribution < 1.29 is 23.4 Å². The minimum Gasteiger partial charge on any atom is -0.488 e. The molecule has 1 aliphatic rings. The van der Waals surface area contributed by atoms with Gasteiger partial charge in [0.05, 0.1) is 23.8 Å². The van der Waals surface area contributed by atoms with Gasteiger partial charge in [-0.05, 0) is 24.3 Å². The number of aromatic nitrogens is 2. The maximum Gasteiger partial charge on any atom is 0.230 e. The van der Waals surface area contributed by atoms with E-state index < -0.39 is 5.82 Å². The molecule has 1 aromatic heterocycles. The summed E-state index contributed by atoms with van der Waals surface area (Å²) in [5.41, 5.74) is 6.51. The molecule has 2 heterocycles. The number of hydrazine groups is 1. The Morgan fingerprint density at radius 2 is 2.03 bits per heavy atom. The van der Waals surface area contributed by atoms with Gasteiger partial charge in [0.2, 0.25) is 5.91 Å². The van der Waals surface area contributed by atoms with Gasteiger partial charge in [0, 0.05) is 43.5 Å². The van der Waals surface area contributed by atoms with Crippen LogP contribution in [0.5, 0.6) is 11.5 Å². The second-order valence-electron chi connectivity index (χ2n) is 7.68. The maximum atomic E-state index is 13.6. The van der Waals surface area contributed by atoms with E-state index in [1.165, 1.54) is 25.4 Å². The Morgan fingerprint density at radius 3 is 2.79 bits per heavy atom. The van der Waals surface area contributed by atoms with Crippen molar-refractivity contribution in [2.75, 3.05) is 31.7 Å². The lowest BCUT2D eigenvalue weighted by molar-refractivity contribution is -0.119. The molecule has 0 aliphatic carbocycles. The average Bonchev–Trinajstić information content (AvgIpc) is 2.82. The number of halogens is 2. The van der Waals surface area contributed by atoms with Crippen molar-refractivity contribution in [1.82, 2.24) is 20.8 Å². The molecule has 0 bridgehead atoms. The number of nitrogens with one attached hydrogen (secondary N) is 3. The summed E-state index contributed by atoms with van der Waals surface area (Å²) in [6.45, 7) is 3.38. The molecular formula is C23H25ClFN5O4. The van der Waals surface area contributed by atoms with Gasteiger partial charge < -0.3 is 19.5 Å². The first kappa shape index (κ1) is 23.9. The van der Waals surface area contributed by atoms with E-state index in [-0.39, 0.29) is 17.0 Å². The van der Waals surface area contributed by atoms with Crippen molar-refractivity contribution in [3.63, 3.8) is 0 Å². The topological polar surface area (TPSA) is 107 Å². The van der Waals surface area contributed by atoms with Crippen molar-refractivity contribution in [2.45, 2.75) is 25.9 Å². The first-order chi connectivity index (χ1) is 16.5. The first-order valence-corrected chi connectivity index (χ1v) is 11.2. The lowest BCUT2D eigenvalue weighted by Crippen LogP contribution is -2.38. The molecule has 1 fully saturated rings. The van der Waals surface area contributed by atoms with E-state index in [1.807, 2.05) is 6.07 Å². The number of nitrogens with zero attached hydrogens (tertiary/aromatic N) is 2. The Morgan fingerprint density at radius 1 is 1.21 bits per heavy atom. The van der Waals surface area contributed by atoms with Gasteiger partial charge in [0.25, 0.3) is 0 Å². The van der Waals surface area contributed by atoms with E-state index in [9.17, 15) is 9.18 Å². The molecule has 9 nitrogen and oxygen atoms in total. The Hall–Kier alpha value is -3.21. The van der Waals surface area contributed by atoms with E-state index in [0.29, 0.717) is 60.3 Å². The van der Waals surface area contributed by atoms with Crippen molar-refractivity contribution in [1.29, 1.82) is 0 Å². The number of rotatable bonds is 9. The number of anilines is 2. The molecule has 1 aliphatic heterocycles. The lowest BCUT2D eigenvalue weighted by Gasteiger charge is -2.25. The van der Waals surface area contributed by atoms with Crippen LogP contribution < -0.4 is 25.6 Å². The highest BCUT2D eigenvalue weighted by atomic mass is 35.5. The zero-order valence-corrected chi connectivity index (χ0v) is 19.3. The molecule has 0 spiro atoms. The fourth-order valence-electron chi connectivity index (χ4n) is 3.45. The molecule has 34 heavy (non-hydrogen) atoms. The van der Waals surface area contributed by atoms with Crippen LogP contribution in [-0.4, -0.2) is 48.3 Å². The van der Waals surface area contributed by atoms with E-state index in [2.05, 4.69) is 26.1 Å². The minimum atomic E-state index is -0.498. The standard InChI is InChI=1S/C23H25ClFN5O4/c1-14(31)30-28-6-9-33-21-12-20-17(11-22(21)34-16-4-7-32-8-5-16)23(27-13-26-20)29-15-2-3-19(25)18(24)10-15/h2-3,10-13,16,28H,4-9H2,1H3,(H,30,31)(H,26,27,29). The van der Waals surface area contributed by atoms with E-state index in [1.54, 1.807) is 12.1 Å². The van der Waals surface area contributed by atoms with Crippen molar-refractivity contribution in [3.8, 4) is 11.5 Å². The molecule has 0 atom stereocenters. The van der Waals surface area contributed by atoms with Crippen molar-refractivity contribution in [2.24, 2.45) is 0 Å². The second-order valence-corrected chi connectivity index (χ2v) is 8.09. The summed E-state index contributed by atoms with van der Waals surface area (Å²) in [5, 5.41) is 3.88. The molecule has 0 unspecified atom stereocenters. The Labute approximate surface area is 200 Å². The minimum absolute atomic E-state index is 0.00969. The predicted molar refractivity (Wildman–Crippen MR) is 126 cm³/mol. The summed E-state index contributed by atoms with van der Waals surface area (Å²) in [7, 11) is 0. The third kappa shape index (κ3) is 6.22. The van der Waals surface area contributed by atoms with Crippen LogP contribution in [-0.2, 0) is 9.53 Å². The van der Waals surface area contributed by atoms with Crippen molar-refractivity contribution in [3.05, 3.63) is 47.5 Å². The number of fused-ring (bicyclic) bond motifs is 1. The summed E-state index contributed by atoms with van der Waals surface area (Å²) in [6, 6.07) is 7.97. The highest BCUT2D eigenvalue weighted by Crippen LogP contribution is 2.36. The fraction of sp³-hybridized carbons (Fsp3) is 0.348. The number of amides is 1. The van der Waals surface area contributed by atoms with Crippen molar-refractivity contribution >= 4 is 39.9 Å². The molecule has 0 saturated carbocycles. The molecule has 3 aromatic rings. The van der Waals surface area contributed by atoms with Crippen LogP contribution in [0.15, 0.2) is 36.7 Å². The summed E-state index contributed by atoms with van der Waals surface area (Å²) in [4.78, 5) is 19.7. The molecule has 1 saturated heterocycles. The van der Waals surface area contributed by atoms with E-state index >= 15 is 0 Å². The SMILES string of the molecule is CC(=O)NNCCOc1cc2ncnc(Nc3ccc(F)c(Cl)c3)c2cc1OC1CCOCC1. The summed E-state index contributed by atoms with van der Waals surface area (Å²) in [6.07, 6.45) is 2.96. The van der Waals surface area contributed by atoms with Crippen LogP contribution in [0.1, 0.15) is 19.8 Å². The van der Waals surface area contributed by atoms with Crippen LogP contribution >= 0.6 is 11.6 Å². The van der Waals surface area contributed by atoms with Gasteiger partial charge in [-0.1, -0.05) is 11.6 Å². The largest absolute Gasteiger partial charge is 0.488 e. The zero-order valence-electron chi connectivity index (χ0n) is 18.6. The highest BCUT2D eigenvalue weighted by Gasteiger charge is 2.19. The van der Waals surface area contributed by atoms with E-state index in [0.717, 1.165) is 12.8 Å². The molecule has 2 aromatic carbocycles. The zero-order chi connectivity index (χ0) is 23.9. The molecule has 3 N–H and O–H groups in total. The fourth-order valence-corrected chi connectivity index (χ4v) is 3.63. The predicted octanol–water partition coefficient (Wildman–Crippen LogP) is 3.74. The number of benzene rings is 2. The summed E-state index contributed by atoms with van der Waals surface area (Å²) < 4.78 is 31.2. The van der Waals surface area contributed by atoms with Gasteiger partial charge in [-0.25, -0.2) is 19.8 Å². The molecule has 180 valence electrons. The van der Waals surface area contributed by atoms with Crippen LogP contribution in [0.3, 0.4) is 0 Å². The molecule has 1 amide bonds. The van der Waals surface area contributed by atoms with Gasteiger partial charge in [0.15, 0.2) is 11.5 Å². The molecular weight excluding hydrogens is 465 g/mol. The normalized spacial score (nSPS) is 14.1. The number of hydrogen-bond acceptors (Lipinski definition) is 8. The average molecular weight is 490 g/mol. The monoisotopic (exact) mass is 489 g/mol. The van der Waals surface area contributed by atoms with Crippen LogP contribution in [0, 0.1) is 5.82 Å². The molecule has 0 radical (unpaired) electrons. The van der Waals surface area contributed by atoms with Gasteiger partial charge in [-0.2, -0.15) is 0 Å². The molecule has 11 heteroatoms.